The minimum atomic E-state index is -0.497. The van der Waals surface area contributed by atoms with Gasteiger partial charge in [-0.1, -0.05) is 30.3 Å². The van der Waals surface area contributed by atoms with Crippen LogP contribution in [0.3, 0.4) is 0 Å². The van der Waals surface area contributed by atoms with E-state index >= 15 is 0 Å². The smallest absolute Gasteiger partial charge is 0.227 e. The van der Waals surface area contributed by atoms with Gasteiger partial charge in [-0.3, -0.25) is 9.69 Å². The Balaban J connectivity index is 1.52. The lowest BCUT2D eigenvalue weighted by atomic mass is 9.95. The Labute approximate surface area is 157 Å². The molecule has 2 N–H and O–H groups in total. The first-order valence-electron chi connectivity index (χ1n) is 9.26. The average Bonchev–Trinajstić information content (AvgIpc) is 2.69. The van der Waals surface area contributed by atoms with Crippen LogP contribution >= 0.6 is 0 Å². The lowest BCUT2D eigenvalue weighted by Gasteiger charge is -2.33. The molecule has 2 aromatic rings. The Morgan fingerprint density at radius 3 is 2.63 bits per heavy atom. The van der Waals surface area contributed by atoms with Crippen LogP contribution < -0.4 is 10.5 Å². The van der Waals surface area contributed by atoms with Crippen molar-refractivity contribution in [3.05, 3.63) is 65.0 Å². The maximum absolute atomic E-state index is 14.1. The molecule has 4 rings (SSSR count). The van der Waals surface area contributed by atoms with Gasteiger partial charge in [0.25, 0.3) is 0 Å². The van der Waals surface area contributed by atoms with Crippen LogP contribution in [0.25, 0.3) is 0 Å². The Hall–Kier alpha value is -2.44. The number of rotatable bonds is 4. The fraction of sp³-hybridized carbons (Fsp3) is 0.381. The number of nitrogens with two attached hydrogens (primary N) is 1. The number of piperidine rings is 1. The number of carbonyl (C=O) groups is 1. The Bertz CT molecular complexity index is 820. The molecule has 1 saturated heterocycles. The van der Waals surface area contributed by atoms with Gasteiger partial charge >= 0.3 is 0 Å². The van der Waals surface area contributed by atoms with Gasteiger partial charge < -0.3 is 15.2 Å². The van der Waals surface area contributed by atoms with E-state index in [1.165, 1.54) is 12.1 Å². The van der Waals surface area contributed by atoms with Gasteiger partial charge in [0.2, 0.25) is 12.2 Å². The molecule has 0 radical (unpaired) electrons. The molecule has 1 amide bonds. The van der Waals surface area contributed by atoms with Crippen LogP contribution in [-0.2, 0) is 22.7 Å². The SMILES string of the molecule is NC(=O)C1CCN(Cc2cc(F)cc3c2O[C@@H](c2ccccc2)OC3)CC1. The van der Waals surface area contributed by atoms with Crippen molar-refractivity contribution in [2.24, 2.45) is 11.7 Å². The lowest BCUT2D eigenvalue weighted by molar-refractivity contribution is -0.123. The molecule has 27 heavy (non-hydrogen) atoms. The van der Waals surface area contributed by atoms with E-state index < -0.39 is 6.29 Å². The molecular formula is C21H23FN2O3. The molecular weight excluding hydrogens is 347 g/mol. The normalized spacial score (nSPS) is 20.7. The number of amides is 1. The summed E-state index contributed by atoms with van der Waals surface area (Å²) in [6.45, 7) is 2.41. The number of benzene rings is 2. The summed E-state index contributed by atoms with van der Waals surface area (Å²) in [5.41, 5.74) is 7.87. The molecule has 0 unspecified atom stereocenters. The molecule has 1 atom stereocenters. The van der Waals surface area contributed by atoms with E-state index in [2.05, 4.69) is 4.90 Å². The van der Waals surface area contributed by atoms with Crippen molar-refractivity contribution in [2.45, 2.75) is 32.3 Å². The zero-order chi connectivity index (χ0) is 18.8. The topological polar surface area (TPSA) is 64.8 Å². The number of primary amides is 1. The van der Waals surface area contributed by atoms with Crippen LogP contribution in [0, 0.1) is 11.7 Å². The Morgan fingerprint density at radius 2 is 1.93 bits per heavy atom. The van der Waals surface area contributed by atoms with E-state index in [-0.39, 0.29) is 17.6 Å². The number of hydrogen-bond acceptors (Lipinski definition) is 4. The number of nitrogens with zero attached hydrogens (tertiary/aromatic N) is 1. The van der Waals surface area contributed by atoms with E-state index in [1.54, 1.807) is 0 Å². The third-order valence-corrected chi connectivity index (χ3v) is 5.28. The number of hydrogen-bond donors (Lipinski definition) is 1. The summed E-state index contributed by atoms with van der Waals surface area (Å²) in [5.74, 6) is 0.119. The Morgan fingerprint density at radius 1 is 1.19 bits per heavy atom. The molecule has 2 aliphatic heterocycles. The standard InChI is InChI=1S/C21H23FN2O3/c22-18-10-16(12-24-8-6-14(7-9-24)20(23)25)19-17(11-18)13-26-21(27-19)15-4-2-1-3-5-15/h1-5,10-11,14,21H,6-9,12-13H2,(H2,23,25)/t21-/m0/s1. The number of fused-ring (bicyclic) bond motifs is 1. The summed E-state index contributed by atoms with van der Waals surface area (Å²) in [6, 6.07) is 12.7. The van der Waals surface area contributed by atoms with Crippen molar-refractivity contribution < 1.29 is 18.7 Å². The van der Waals surface area contributed by atoms with E-state index in [9.17, 15) is 9.18 Å². The van der Waals surface area contributed by atoms with Gasteiger partial charge in [-0.05, 0) is 38.1 Å². The van der Waals surface area contributed by atoms with Crippen LogP contribution in [0.1, 0.15) is 35.8 Å². The van der Waals surface area contributed by atoms with Gasteiger partial charge in [0.1, 0.15) is 11.6 Å². The van der Waals surface area contributed by atoms with Gasteiger partial charge in [0, 0.05) is 29.2 Å². The van der Waals surface area contributed by atoms with Gasteiger partial charge in [0.05, 0.1) is 6.61 Å². The van der Waals surface area contributed by atoms with Crippen molar-refractivity contribution in [1.82, 2.24) is 4.90 Å². The van der Waals surface area contributed by atoms with Gasteiger partial charge in [-0.25, -0.2) is 4.39 Å². The summed E-state index contributed by atoms with van der Waals surface area (Å²) >= 11 is 0. The summed E-state index contributed by atoms with van der Waals surface area (Å²) in [7, 11) is 0. The molecule has 2 aliphatic rings. The number of likely N-dealkylation sites (tertiary alicyclic amines) is 1. The third kappa shape index (κ3) is 3.96. The highest BCUT2D eigenvalue weighted by Crippen LogP contribution is 2.37. The Kier molecular flexibility index (Phi) is 5.09. The number of halogens is 1. The van der Waals surface area contributed by atoms with E-state index in [1.807, 2.05) is 30.3 Å². The monoisotopic (exact) mass is 370 g/mol. The quantitative estimate of drug-likeness (QED) is 0.898. The average molecular weight is 370 g/mol. The molecule has 2 heterocycles. The van der Waals surface area contributed by atoms with Crippen molar-refractivity contribution in [3.8, 4) is 5.75 Å². The van der Waals surface area contributed by atoms with E-state index in [0.29, 0.717) is 18.9 Å². The predicted molar refractivity (Wildman–Crippen MR) is 98.2 cm³/mol. The van der Waals surface area contributed by atoms with Crippen LogP contribution in [0.5, 0.6) is 5.75 Å². The molecule has 6 heteroatoms. The lowest BCUT2D eigenvalue weighted by Crippen LogP contribution is -2.38. The van der Waals surface area contributed by atoms with Gasteiger partial charge in [0.15, 0.2) is 0 Å². The minimum absolute atomic E-state index is 0.0604. The molecule has 0 bridgehead atoms. The van der Waals surface area contributed by atoms with Gasteiger partial charge in [-0.15, -0.1) is 0 Å². The van der Waals surface area contributed by atoms with Crippen molar-refractivity contribution >= 4 is 5.91 Å². The maximum Gasteiger partial charge on any atom is 0.227 e. The summed E-state index contributed by atoms with van der Waals surface area (Å²) in [5, 5.41) is 0. The molecule has 0 aliphatic carbocycles. The molecule has 1 fully saturated rings. The molecule has 5 nitrogen and oxygen atoms in total. The molecule has 142 valence electrons. The van der Waals surface area contributed by atoms with Crippen LogP contribution in [0.2, 0.25) is 0 Å². The molecule has 0 spiro atoms. The molecule has 0 saturated carbocycles. The van der Waals surface area contributed by atoms with Crippen LogP contribution in [-0.4, -0.2) is 23.9 Å². The first-order valence-corrected chi connectivity index (χ1v) is 9.26. The largest absolute Gasteiger partial charge is 0.460 e. The first-order chi connectivity index (χ1) is 13.1. The van der Waals surface area contributed by atoms with E-state index in [0.717, 1.165) is 42.6 Å². The summed E-state index contributed by atoms with van der Waals surface area (Å²) < 4.78 is 26.0. The van der Waals surface area contributed by atoms with Crippen LogP contribution in [0.15, 0.2) is 42.5 Å². The zero-order valence-electron chi connectivity index (χ0n) is 15.1. The number of carbonyl (C=O) groups excluding carboxylic acids is 1. The van der Waals surface area contributed by atoms with Gasteiger partial charge in [-0.2, -0.15) is 0 Å². The highest BCUT2D eigenvalue weighted by Gasteiger charge is 2.28. The second kappa shape index (κ2) is 7.66. The predicted octanol–water partition coefficient (Wildman–Crippen LogP) is 3.13. The van der Waals surface area contributed by atoms with Crippen molar-refractivity contribution in [3.63, 3.8) is 0 Å². The summed E-state index contributed by atoms with van der Waals surface area (Å²) in [4.78, 5) is 13.6. The van der Waals surface area contributed by atoms with Crippen molar-refractivity contribution in [2.75, 3.05) is 13.1 Å². The zero-order valence-corrected chi connectivity index (χ0v) is 15.1. The fourth-order valence-electron chi connectivity index (χ4n) is 3.79. The van der Waals surface area contributed by atoms with Crippen molar-refractivity contribution in [1.29, 1.82) is 0 Å². The second-order valence-electron chi connectivity index (χ2n) is 7.18. The van der Waals surface area contributed by atoms with E-state index in [4.69, 9.17) is 15.2 Å². The maximum atomic E-state index is 14.1. The molecule has 0 aromatic heterocycles. The minimum Gasteiger partial charge on any atom is -0.460 e. The first kappa shape index (κ1) is 17.9. The highest BCUT2D eigenvalue weighted by atomic mass is 19.1. The fourth-order valence-corrected chi connectivity index (χ4v) is 3.79. The molecule has 2 aromatic carbocycles. The summed E-state index contributed by atoms with van der Waals surface area (Å²) in [6.07, 6.45) is 0.982. The highest BCUT2D eigenvalue weighted by molar-refractivity contribution is 5.76. The third-order valence-electron chi connectivity index (χ3n) is 5.28. The number of ether oxygens (including phenoxy) is 2. The van der Waals surface area contributed by atoms with Crippen LogP contribution in [0.4, 0.5) is 4.39 Å². The second-order valence-corrected chi connectivity index (χ2v) is 7.18.